The lowest BCUT2D eigenvalue weighted by Gasteiger charge is -2.11. The maximum Gasteiger partial charge on any atom is 0.315 e. The third kappa shape index (κ3) is 4.54. The van der Waals surface area contributed by atoms with Crippen molar-refractivity contribution in [3.63, 3.8) is 0 Å². The standard InChI is InChI=1S/C14H20N2O3/c17-9-12-3-1-11(2-4-12)5-7-15-14(18)16-13-6-8-19-10-13/h1-4,13,17H,5-10H2,(H2,15,16,18). The molecule has 1 fully saturated rings. The summed E-state index contributed by atoms with van der Waals surface area (Å²) in [7, 11) is 0. The summed E-state index contributed by atoms with van der Waals surface area (Å²) in [4.78, 5) is 11.6. The van der Waals surface area contributed by atoms with Crippen molar-refractivity contribution in [2.24, 2.45) is 0 Å². The Morgan fingerprint density at radius 1 is 1.32 bits per heavy atom. The van der Waals surface area contributed by atoms with Crippen molar-refractivity contribution in [3.8, 4) is 0 Å². The number of ether oxygens (including phenoxy) is 1. The number of rotatable bonds is 5. The molecule has 1 unspecified atom stereocenters. The largest absolute Gasteiger partial charge is 0.392 e. The van der Waals surface area contributed by atoms with Crippen LogP contribution >= 0.6 is 0 Å². The first-order chi connectivity index (χ1) is 9.28. The summed E-state index contributed by atoms with van der Waals surface area (Å²) in [5.41, 5.74) is 2.04. The minimum atomic E-state index is -0.137. The van der Waals surface area contributed by atoms with Crippen molar-refractivity contribution in [3.05, 3.63) is 35.4 Å². The van der Waals surface area contributed by atoms with E-state index in [1.165, 1.54) is 0 Å². The molecule has 19 heavy (non-hydrogen) atoms. The SMILES string of the molecule is O=C(NCCc1ccc(CO)cc1)NC1CCOC1. The molecule has 1 aromatic carbocycles. The molecule has 5 heteroatoms. The lowest BCUT2D eigenvalue weighted by Crippen LogP contribution is -2.42. The number of urea groups is 1. The van der Waals surface area contributed by atoms with Gasteiger partial charge in [-0.2, -0.15) is 0 Å². The maximum atomic E-state index is 11.6. The van der Waals surface area contributed by atoms with Gasteiger partial charge in [-0.05, 0) is 24.0 Å². The Morgan fingerprint density at radius 2 is 2.05 bits per heavy atom. The fourth-order valence-corrected chi connectivity index (χ4v) is 2.02. The molecule has 104 valence electrons. The van der Waals surface area contributed by atoms with Gasteiger partial charge in [0.25, 0.3) is 0 Å². The molecule has 2 amide bonds. The van der Waals surface area contributed by atoms with Crippen LogP contribution in [0.4, 0.5) is 4.79 Å². The zero-order chi connectivity index (χ0) is 13.5. The fourth-order valence-electron chi connectivity index (χ4n) is 2.02. The van der Waals surface area contributed by atoms with E-state index in [4.69, 9.17) is 9.84 Å². The van der Waals surface area contributed by atoms with E-state index in [0.717, 1.165) is 30.6 Å². The molecule has 1 saturated heterocycles. The Hall–Kier alpha value is -1.59. The van der Waals surface area contributed by atoms with Crippen molar-refractivity contribution in [1.82, 2.24) is 10.6 Å². The molecule has 1 aliphatic heterocycles. The van der Waals surface area contributed by atoms with Crippen LogP contribution in [0.2, 0.25) is 0 Å². The number of carbonyl (C=O) groups is 1. The van der Waals surface area contributed by atoms with Gasteiger partial charge in [-0.15, -0.1) is 0 Å². The summed E-state index contributed by atoms with van der Waals surface area (Å²) in [6.07, 6.45) is 1.66. The third-order valence-corrected chi connectivity index (χ3v) is 3.17. The van der Waals surface area contributed by atoms with E-state index < -0.39 is 0 Å². The zero-order valence-corrected chi connectivity index (χ0v) is 10.9. The van der Waals surface area contributed by atoms with Crippen molar-refractivity contribution in [2.45, 2.75) is 25.5 Å². The van der Waals surface area contributed by atoms with Crippen LogP contribution in [0.1, 0.15) is 17.5 Å². The van der Waals surface area contributed by atoms with E-state index in [2.05, 4.69) is 10.6 Å². The monoisotopic (exact) mass is 264 g/mol. The van der Waals surface area contributed by atoms with Crippen LogP contribution in [-0.2, 0) is 17.8 Å². The highest BCUT2D eigenvalue weighted by molar-refractivity contribution is 5.74. The molecular formula is C14H20N2O3. The van der Waals surface area contributed by atoms with Crippen LogP contribution < -0.4 is 10.6 Å². The summed E-state index contributed by atoms with van der Waals surface area (Å²) in [6.45, 7) is 1.99. The molecule has 3 N–H and O–H groups in total. The molecule has 5 nitrogen and oxygen atoms in total. The average Bonchev–Trinajstić information content (AvgIpc) is 2.92. The van der Waals surface area contributed by atoms with Gasteiger partial charge in [0.05, 0.1) is 19.3 Å². The highest BCUT2D eigenvalue weighted by Crippen LogP contribution is 2.05. The van der Waals surface area contributed by atoms with Gasteiger partial charge in [0, 0.05) is 13.2 Å². The van der Waals surface area contributed by atoms with Crippen LogP contribution in [0, 0.1) is 0 Å². The van der Waals surface area contributed by atoms with Gasteiger partial charge < -0.3 is 20.5 Å². The highest BCUT2D eigenvalue weighted by atomic mass is 16.5. The van der Waals surface area contributed by atoms with Crippen LogP contribution in [0.5, 0.6) is 0 Å². The molecule has 1 aromatic rings. The summed E-state index contributed by atoms with van der Waals surface area (Å²) in [6, 6.07) is 7.73. The van der Waals surface area contributed by atoms with E-state index in [1.807, 2.05) is 24.3 Å². The second kappa shape index (κ2) is 7.11. The predicted molar refractivity (Wildman–Crippen MR) is 71.8 cm³/mol. The summed E-state index contributed by atoms with van der Waals surface area (Å²) >= 11 is 0. The molecule has 0 saturated carbocycles. The van der Waals surface area contributed by atoms with Crippen LogP contribution in [0.15, 0.2) is 24.3 Å². The Bertz CT molecular complexity index is 400. The molecule has 1 heterocycles. The molecular weight excluding hydrogens is 244 g/mol. The van der Waals surface area contributed by atoms with Gasteiger partial charge in [-0.25, -0.2) is 4.79 Å². The van der Waals surface area contributed by atoms with E-state index in [9.17, 15) is 4.79 Å². The molecule has 0 bridgehead atoms. The highest BCUT2D eigenvalue weighted by Gasteiger charge is 2.17. The molecule has 0 spiro atoms. The van der Waals surface area contributed by atoms with E-state index >= 15 is 0 Å². The molecule has 0 aromatic heterocycles. The van der Waals surface area contributed by atoms with E-state index in [0.29, 0.717) is 13.2 Å². The first kappa shape index (κ1) is 13.8. The lowest BCUT2D eigenvalue weighted by molar-refractivity contribution is 0.188. The summed E-state index contributed by atoms with van der Waals surface area (Å²) < 4.78 is 5.19. The number of hydrogen-bond acceptors (Lipinski definition) is 3. The Labute approximate surface area is 113 Å². The smallest absolute Gasteiger partial charge is 0.315 e. The number of hydrogen-bond donors (Lipinski definition) is 3. The second-order valence-corrected chi connectivity index (χ2v) is 4.69. The maximum absolute atomic E-state index is 11.6. The quantitative estimate of drug-likeness (QED) is 0.737. The first-order valence-electron chi connectivity index (χ1n) is 6.58. The van der Waals surface area contributed by atoms with Crippen LogP contribution in [-0.4, -0.2) is 36.9 Å². The lowest BCUT2D eigenvalue weighted by atomic mass is 10.1. The molecule has 1 atom stereocenters. The zero-order valence-electron chi connectivity index (χ0n) is 10.9. The van der Waals surface area contributed by atoms with Gasteiger partial charge in [-0.3, -0.25) is 0 Å². The molecule has 2 rings (SSSR count). The topological polar surface area (TPSA) is 70.6 Å². The Morgan fingerprint density at radius 3 is 2.68 bits per heavy atom. The second-order valence-electron chi connectivity index (χ2n) is 4.69. The normalized spacial score (nSPS) is 18.3. The molecule has 1 aliphatic rings. The van der Waals surface area contributed by atoms with E-state index in [1.54, 1.807) is 0 Å². The molecule has 0 aliphatic carbocycles. The number of carbonyl (C=O) groups excluding carboxylic acids is 1. The number of nitrogens with one attached hydrogen (secondary N) is 2. The van der Waals surface area contributed by atoms with Crippen LogP contribution in [0.25, 0.3) is 0 Å². The van der Waals surface area contributed by atoms with Gasteiger partial charge in [0.1, 0.15) is 0 Å². The van der Waals surface area contributed by atoms with Gasteiger partial charge in [0.15, 0.2) is 0 Å². The van der Waals surface area contributed by atoms with E-state index in [-0.39, 0.29) is 18.7 Å². The van der Waals surface area contributed by atoms with Gasteiger partial charge in [-0.1, -0.05) is 24.3 Å². The Kier molecular flexibility index (Phi) is 5.18. The number of aliphatic hydroxyl groups excluding tert-OH is 1. The summed E-state index contributed by atoms with van der Waals surface area (Å²) in [5.74, 6) is 0. The first-order valence-corrected chi connectivity index (χ1v) is 6.58. The van der Waals surface area contributed by atoms with Crippen molar-refractivity contribution >= 4 is 6.03 Å². The number of benzene rings is 1. The van der Waals surface area contributed by atoms with Crippen molar-refractivity contribution in [2.75, 3.05) is 19.8 Å². The third-order valence-electron chi connectivity index (χ3n) is 3.17. The average molecular weight is 264 g/mol. The predicted octanol–water partition coefficient (Wildman–Crippen LogP) is 0.810. The summed E-state index contributed by atoms with van der Waals surface area (Å²) in [5, 5.41) is 14.6. The van der Waals surface area contributed by atoms with Crippen molar-refractivity contribution in [1.29, 1.82) is 0 Å². The minimum absolute atomic E-state index is 0.0599. The number of amides is 2. The minimum Gasteiger partial charge on any atom is -0.392 e. The number of aliphatic hydroxyl groups is 1. The van der Waals surface area contributed by atoms with Gasteiger partial charge in [0.2, 0.25) is 0 Å². The van der Waals surface area contributed by atoms with Crippen molar-refractivity contribution < 1.29 is 14.6 Å². The molecule has 0 radical (unpaired) electrons. The van der Waals surface area contributed by atoms with Gasteiger partial charge >= 0.3 is 6.03 Å². The fraction of sp³-hybridized carbons (Fsp3) is 0.500. The van der Waals surface area contributed by atoms with Crippen LogP contribution in [0.3, 0.4) is 0 Å². The Balaban J connectivity index is 1.65.